The first-order valence-corrected chi connectivity index (χ1v) is 12.0. The van der Waals surface area contributed by atoms with Crippen LogP contribution in [0.25, 0.3) is 33.1 Å². The van der Waals surface area contributed by atoms with Crippen LogP contribution < -0.4 is 0 Å². The Morgan fingerprint density at radius 1 is 1.03 bits per heavy atom. The van der Waals surface area contributed by atoms with Crippen molar-refractivity contribution >= 4 is 21.9 Å². The molecule has 6 nitrogen and oxygen atoms in total. The van der Waals surface area contributed by atoms with Crippen LogP contribution in [0.2, 0.25) is 0 Å². The van der Waals surface area contributed by atoms with Crippen molar-refractivity contribution in [2.24, 2.45) is 0 Å². The lowest BCUT2D eigenvalue weighted by Crippen LogP contribution is -2.18. The normalized spacial score (nSPS) is 13.5. The third kappa shape index (κ3) is 4.71. The molecule has 0 radical (unpaired) electrons. The molecule has 0 saturated heterocycles. The van der Waals surface area contributed by atoms with Crippen LogP contribution in [0.1, 0.15) is 55.4 Å². The highest BCUT2D eigenvalue weighted by Gasteiger charge is 2.31. The molecule has 0 aliphatic carbocycles. The number of aryl methyl sites for hydroxylation is 2. The van der Waals surface area contributed by atoms with E-state index in [2.05, 4.69) is 10.1 Å². The summed E-state index contributed by atoms with van der Waals surface area (Å²) < 4.78 is 47.6. The molecular weight excluding hydrogens is 481 g/mol. The number of aliphatic hydroxyl groups is 1. The highest BCUT2D eigenvalue weighted by atomic mass is 19.4. The number of fused-ring (bicyclic) bond motifs is 3. The summed E-state index contributed by atoms with van der Waals surface area (Å²) in [6, 6.07) is 12.0. The quantitative estimate of drug-likeness (QED) is 0.267. The molecule has 0 aliphatic rings. The van der Waals surface area contributed by atoms with Gasteiger partial charge in [-0.1, -0.05) is 23.4 Å². The molecule has 4 aromatic heterocycles. The van der Waals surface area contributed by atoms with Gasteiger partial charge < -0.3 is 14.2 Å². The highest BCUT2D eigenvalue weighted by molar-refractivity contribution is 6.07. The van der Waals surface area contributed by atoms with Crippen LogP contribution in [-0.4, -0.2) is 31.0 Å². The molecule has 0 amide bonds. The van der Waals surface area contributed by atoms with Crippen LogP contribution in [0.3, 0.4) is 0 Å². The van der Waals surface area contributed by atoms with Gasteiger partial charge in [0.05, 0.1) is 39.6 Å². The van der Waals surface area contributed by atoms with Gasteiger partial charge in [-0.05, 0) is 63.9 Å². The first-order valence-electron chi connectivity index (χ1n) is 12.0. The molecular formula is C28H27F3N4O2. The second kappa shape index (κ2) is 8.99. The molecule has 5 rings (SSSR count). The van der Waals surface area contributed by atoms with E-state index in [-0.39, 0.29) is 6.42 Å². The smallest absolute Gasteiger partial charge is 0.386 e. The lowest BCUT2D eigenvalue weighted by molar-refractivity contribution is -0.136. The van der Waals surface area contributed by atoms with Gasteiger partial charge >= 0.3 is 6.18 Å². The van der Waals surface area contributed by atoms with Crippen molar-refractivity contribution in [3.63, 3.8) is 0 Å². The molecule has 0 aliphatic heterocycles. The molecule has 0 fully saturated rings. The number of aromatic nitrogens is 4. The van der Waals surface area contributed by atoms with Gasteiger partial charge in [-0.25, -0.2) is 0 Å². The van der Waals surface area contributed by atoms with Gasteiger partial charge in [0.1, 0.15) is 5.76 Å². The van der Waals surface area contributed by atoms with Crippen molar-refractivity contribution in [3.8, 4) is 11.1 Å². The van der Waals surface area contributed by atoms with E-state index in [1.165, 1.54) is 0 Å². The fraction of sp³-hybridized carbons (Fsp3) is 0.321. The number of alkyl halides is 3. The Hall–Kier alpha value is -3.72. The minimum absolute atomic E-state index is 0.207. The summed E-state index contributed by atoms with van der Waals surface area (Å²) in [5.74, 6) is 0.629. The van der Waals surface area contributed by atoms with Gasteiger partial charge in [0.25, 0.3) is 0 Å². The maximum atomic E-state index is 13.5. The van der Waals surface area contributed by atoms with E-state index >= 15 is 0 Å². The molecule has 0 spiro atoms. The average Bonchev–Trinajstić information content (AvgIpc) is 3.34. The molecule has 0 unspecified atom stereocenters. The van der Waals surface area contributed by atoms with Crippen LogP contribution in [0.15, 0.2) is 59.4 Å². The van der Waals surface area contributed by atoms with Crippen LogP contribution in [-0.2, 0) is 5.60 Å². The maximum Gasteiger partial charge on any atom is 0.389 e. The van der Waals surface area contributed by atoms with Crippen molar-refractivity contribution in [1.82, 2.24) is 19.7 Å². The fourth-order valence-corrected chi connectivity index (χ4v) is 4.94. The predicted octanol–water partition coefficient (Wildman–Crippen LogP) is 7.02. The number of rotatable bonds is 6. The maximum absolute atomic E-state index is 13.5. The summed E-state index contributed by atoms with van der Waals surface area (Å²) in [4.78, 5) is 9.19. The number of pyridine rings is 2. The predicted molar refractivity (Wildman–Crippen MR) is 135 cm³/mol. The average molecular weight is 509 g/mol. The van der Waals surface area contributed by atoms with E-state index in [9.17, 15) is 18.3 Å². The molecule has 192 valence electrons. The van der Waals surface area contributed by atoms with Gasteiger partial charge in [-0.2, -0.15) is 13.2 Å². The largest absolute Gasteiger partial charge is 0.389 e. The standard InChI is InChI=1S/C28H27F3N4O2/c1-16-25(17(2)37-34-16)18-13-24-26(33-15-18)20-9-8-19(27(3,4)36)14-23(20)35(24)22(10-11-28(29,30)31)21-7-5-6-12-32-21/h5-9,12-15,22,36H,10-11H2,1-4H3/t22-/m1/s1. The van der Waals surface area contributed by atoms with E-state index in [0.29, 0.717) is 39.3 Å². The van der Waals surface area contributed by atoms with Gasteiger partial charge in [-0.3, -0.25) is 9.97 Å². The van der Waals surface area contributed by atoms with Gasteiger partial charge in [0.2, 0.25) is 0 Å². The molecule has 37 heavy (non-hydrogen) atoms. The molecule has 1 atom stereocenters. The number of nitrogens with zero attached hydrogens (tertiary/aromatic N) is 4. The Morgan fingerprint density at radius 3 is 2.43 bits per heavy atom. The minimum Gasteiger partial charge on any atom is -0.386 e. The van der Waals surface area contributed by atoms with E-state index in [0.717, 1.165) is 16.5 Å². The Morgan fingerprint density at radius 2 is 1.81 bits per heavy atom. The second-order valence-corrected chi connectivity index (χ2v) is 9.88. The number of hydrogen-bond donors (Lipinski definition) is 1. The van der Waals surface area contributed by atoms with E-state index in [1.54, 1.807) is 44.4 Å². The third-order valence-electron chi connectivity index (χ3n) is 6.71. The van der Waals surface area contributed by atoms with E-state index in [1.807, 2.05) is 42.7 Å². The SMILES string of the molecule is Cc1noc(C)c1-c1cnc2c3ccc(C(C)(C)O)cc3n([C@H](CCC(F)(F)F)c3ccccn3)c2c1. The Bertz CT molecular complexity index is 1560. The summed E-state index contributed by atoms with van der Waals surface area (Å²) in [6.07, 6.45) is -2.20. The van der Waals surface area contributed by atoms with Crippen molar-refractivity contribution in [1.29, 1.82) is 0 Å². The van der Waals surface area contributed by atoms with Gasteiger partial charge in [0.15, 0.2) is 0 Å². The monoisotopic (exact) mass is 508 g/mol. The summed E-state index contributed by atoms with van der Waals surface area (Å²) in [6.45, 7) is 7.00. The zero-order valence-corrected chi connectivity index (χ0v) is 21.0. The summed E-state index contributed by atoms with van der Waals surface area (Å²) in [5, 5.41) is 15.5. The van der Waals surface area contributed by atoms with E-state index < -0.39 is 24.2 Å². The van der Waals surface area contributed by atoms with Crippen LogP contribution in [0, 0.1) is 13.8 Å². The molecule has 0 bridgehead atoms. The molecule has 1 N–H and O–H groups in total. The zero-order chi connectivity index (χ0) is 26.5. The number of benzene rings is 1. The number of halogens is 3. The Kier molecular flexibility index (Phi) is 6.06. The first-order chi connectivity index (χ1) is 17.4. The topological polar surface area (TPSA) is 77.0 Å². The minimum atomic E-state index is -4.33. The van der Waals surface area contributed by atoms with Crippen molar-refractivity contribution in [3.05, 3.63) is 77.6 Å². The molecule has 5 aromatic rings. The Labute approximate surface area is 211 Å². The fourth-order valence-electron chi connectivity index (χ4n) is 4.94. The summed E-state index contributed by atoms with van der Waals surface area (Å²) >= 11 is 0. The molecule has 4 heterocycles. The third-order valence-corrected chi connectivity index (χ3v) is 6.71. The lowest BCUT2D eigenvalue weighted by atomic mass is 9.97. The molecule has 0 saturated carbocycles. The first kappa shape index (κ1) is 25.0. The number of hydrogen-bond acceptors (Lipinski definition) is 5. The van der Waals surface area contributed by atoms with Crippen molar-refractivity contribution in [2.75, 3.05) is 0 Å². The summed E-state index contributed by atoms with van der Waals surface area (Å²) in [7, 11) is 0. The van der Waals surface area contributed by atoms with E-state index in [4.69, 9.17) is 9.51 Å². The van der Waals surface area contributed by atoms with Crippen molar-refractivity contribution in [2.45, 2.75) is 58.4 Å². The molecule has 1 aromatic carbocycles. The second-order valence-electron chi connectivity index (χ2n) is 9.88. The highest BCUT2D eigenvalue weighted by Crippen LogP contribution is 2.40. The van der Waals surface area contributed by atoms with Gasteiger partial charge in [0, 0.05) is 35.3 Å². The zero-order valence-electron chi connectivity index (χ0n) is 21.0. The molecule has 9 heteroatoms. The van der Waals surface area contributed by atoms with Crippen LogP contribution in [0.5, 0.6) is 0 Å². The summed E-state index contributed by atoms with van der Waals surface area (Å²) in [5.41, 5.74) is 4.27. The van der Waals surface area contributed by atoms with Crippen LogP contribution in [0.4, 0.5) is 13.2 Å². The lowest BCUT2D eigenvalue weighted by Gasteiger charge is -2.23. The Balaban J connectivity index is 1.84. The van der Waals surface area contributed by atoms with Gasteiger partial charge in [-0.15, -0.1) is 0 Å². The van der Waals surface area contributed by atoms with Crippen molar-refractivity contribution < 1.29 is 22.8 Å². The van der Waals surface area contributed by atoms with Crippen LogP contribution >= 0.6 is 0 Å².